The van der Waals surface area contributed by atoms with Gasteiger partial charge in [-0.2, -0.15) is 0 Å². The summed E-state index contributed by atoms with van der Waals surface area (Å²) in [5.74, 6) is 5.55. The maximum Gasteiger partial charge on any atom is 0.530 e. The van der Waals surface area contributed by atoms with E-state index in [9.17, 15) is 0 Å². The highest BCUT2D eigenvalue weighted by Gasteiger charge is 2.39. The van der Waals surface area contributed by atoms with Gasteiger partial charge in [0.2, 0.25) is 0 Å². The van der Waals surface area contributed by atoms with E-state index in [1.165, 1.54) is 5.56 Å². The van der Waals surface area contributed by atoms with Gasteiger partial charge in [0.05, 0.1) is 0 Å². The number of hydrogen-bond acceptors (Lipinski definition) is 7. The molecule has 75 heavy (non-hydrogen) atoms. The second-order valence-electron chi connectivity index (χ2n) is 25.3. The Hall–Kier alpha value is -5.22. The molecule has 0 N–H and O–H groups in total. The number of para-hydroxylation sites is 4. The van der Waals surface area contributed by atoms with Crippen molar-refractivity contribution >= 4 is 17.2 Å². The zero-order valence-corrected chi connectivity index (χ0v) is 51.2. The fraction of sp³-hybridized carbons (Fsp3) is 0.455. The molecule has 0 unspecified atom stereocenters. The monoisotopic (exact) mass is 1050 g/mol. The fourth-order valence-corrected chi connectivity index (χ4v) is 11.6. The molecular formula is C66H88O7P2. The Bertz CT molecular complexity index is 2800. The minimum absolute atomic E-state index is 0.176. The quantitative estimate of drug-likeness (QED) is 0.0795. The van der Waals surface area contributed by atoms with Crippen LogP contribution in [-0.4, -0.2) is 5.60 Å². The first-order chi connectivity index (χ1) is 34.9. The Morgan fingerprint density at radius 3 is 0.893 bits per heavy atom. The summed E-state index contributed by atoms with van der Waals surface area (Å²) in [7, 11) is -4.39. The molecule has 6 aromatic rings. The molecule has 0 aliphatic rings. The summed E-state index contributed by atoms with van der Waals surface area (Å²) in [5.41, 5.74) is 9.18. The Morgan fingerprint density at radius 1 is 0.333 bits per heavy atom. The van der Waals surface area contributed by atoms with Gasteiger partial charge >= 0.3 is 17.2 Å². The van der Waals surface area contributed by atoms with Crippen LogP contribution in [0.15, 0.2) is 109 Å². The van der Waals surface area contributed by atoms with E-state index in [0.29, 0.717) is 34.5 Å². The Kier molecular flexibility index (Phi) is 18.6. The summed E-state index contributed by atoms with van der Waals surface area (Å²) in [6.07, 6.45) is 0. The molecule has 0 fully saturated rings. The van der Waals surface area contributed by atoms with E-state index in [0.717, 1.165) is 61.4 Å². The van der Waals surface area contributed by atoms with E-state index in [-0.39, 0.29) is 29.1 Å². The minimum Gasteiger partial charge on any atom is -0.488 e. The maximum atomic E-state index is 7.71. The van der Waals surface area contributed by atoms with E-state index in [4.69, 9.17) is 31.9 Å². The normalized spacial score (nSPS) is 12.6. The SMILES string of the molecule is Cc1c(OC(C)(C)C)cc(C(C)(C)C)c(OP(Oc2ccccc2C(C)C)Oc2ccccc2C(C)C)c1-c1c(C)c(C(C)(C)C)cc(C(C)(C)C)c1OP(Oc1ccccc1C(C)C)Oc1ccccc1C(C)C. The van der Waals surface area contributed by atoms with Gasteiger partial charge in [0, 0.05) is 27.8 Å². The van der Waals surface area contributed by atoms with Gasteiger partial charge in [-0.3, -0.25) is 0 Å². The van der Waals surface area contributed by atoms with Crippen LogP contribution in [0.4, 0.5) is 0 Å². The van der Waals surface area contributed by atoms with E-state index in [1.54, 1.807) is 0 Å². The zero-order valence-electron chi connectivity index (χ0n) is 49.5. The average molecular weight is 1060 g/mol. The first-order valence-corrected chi connectivity index (χ1v) is 29.2. The van der Waals surface area contributed by atoms with Crippen molar-refractivity contribution in [2.75, 3.05) is 0 Å². The van der Waals surface area contributed by atoms with Crippen molar-refractivity contribution in [3.63, 3.8) is 0 Å². The third kappa shape index (κ3) is 14.4. The van der Waals surface area contributed by atoms with Crippen LogP contribution in [0.25, 0.3) is 11.1 Å². The lowest BCUT2D eigenvalue weighted by molar-refractivity contribution is 0.129. The molecule has 0 bridgehead atoms. The largest absolute Gasteiger partial charge is 0.530 e. The molecule has 6 aromatic carbocycles. The van der Waals surface area contributed by atoms with Crippen LogP contribution in [0, 0.1) is 13.8 Å². The predicted octanol–water partition coefficient (Wildman–Crippen LogP) is 21.1. The Morgan fingerprint density at radius 2 is 0.613 bits per heavy atom. The summed E-state index contributed by atoms with van der Waals surface area (Å²) in [6, 6.07) is 37.3. The van der Waals surface area contributed by atoms with E-state index in [2.05, 4.69) is 213 Å². The molecule has 0 atom stereocenters. The van der Waals surface area contributed by atoms with Gasteiger partial charge in [-0.25, -0.2) is 0 Å². The van der Waals surface area contributed by atoms with Crippen molar-refractivity contribution < 1.29 is 31.9 Å². The van der Waals surface area contributed by atoms with Crippen molar-refractivity contribution in [3.05, 3.63) is 159 Å². The molecule has 7 nitrogen and oxygen atoms in total. The molecule has 0 heterocycles. The Labute approximate surface area is 455 Å². The first kappa shape index (κ1) is 59.0. The highest BCUT2D eigenvalue weighted by atomic mass is 31.2. The Balaban J connectivity index is 1.79. The van der Waals surface area contributed by atoms with Gasteiger partial charge in [0.25, 0.3) is 0 Å². The van der Waals surface area contributed by atoms with E-state index < -0.39 is 33.6 Å². The summed E-state index contributed by atoms with van der Waals surface area (Å²) in [4.78, 5) is 0. The molecule has 404 valence electrons. The second kappa shape index (κ2) is 23.6. The van der Waals surface area contributed by atoms with Crippen LogP contribution in [-0.2, 0) is 16.2 Å². The third-order valence-electron chi connectivity index (χ3n) is 13.3. The average Bonchev–Trinajstić information content (AvgIpc) is 3.29. The van der Waals surface area contributed by atoms with Crippen LogP contribution in [0.5, 0.6) is 40.2 Å². The highest BCUT2D eigenvalue weighted by Crippen LogP contribution is 2.59. The van der Waals surface area contributed by atoms with Crippen LogP contribution >= 0.6 is 17.2 Å². The van der Waals surface area contributed by atoms with Gasteiger partial charge < -0.3 is 31.9 Å². The zero-order chi connectivity index (χ0) is 55.5. The van der Waals surface area contributed by atoms with Crippen LogP contribution < -0.4 is 31.9 Å². The van der Waals surface area contributed by atoms with Crippen LogP contribution in [0.2, 0.25) is 0 Å². The summed E-state index contributed by atoms with van der Waals surface area (Å²) in [6.45, 7) is 48.3. The predicted molar refractivity (Wildman–Crippen MR) is 318 cm³/mol. The first-order valence-electron chi connectivity index (χ1n) is 27.0. The third-order valence-corrected chi connectivity index (χ3v) is 15.4. The lowest BCUT2D eigenvalue weighted by Crippen LogP contribution is -2.25. The molecular weight excluding hydrogens is 967 g/mol. The van der Waals surface area contributed by atoms with Crippen molar-refractivity contribution in [2.45, 2.75) is 198 Å². The topological polar surface area (TPSA) is 64.6 Å². The van der Waals surface area contributed by atoms with Crippen molar-refractivity contribution in [1.29, 1.82) is 0 Å². The van der Waals surface area contributed by atoms with Gasteiger partial charge in [-0.15, -0.1) is 0 Å². The molecule has 0 aromatic heterocycles. The minimum atomic E-state index is -2.20. The standard InChI is InChI=1S/C66H88O7P2/c1-41(2)47-31-23-27-35-54(47)68-74(69-55-36-28-24-32-48(55)42(3)4)72-61-52(64(14,15)16)39-51(63(11,12)13)45(9)59(61)60-46(10)58(67-66(20,21)22)40-53(65(17,18)19)62(60)73-75(70-56-37-29-25-33-49(56)43(5)6)71-57-38-30-26-34-50(57)44(7)8/h23-44H,1-22H3. The molecule has 0 saturated carbocycles. The summed E-state index contributed by atoms with van der Waals surface area (Å²) < 4.78 is 51.1. The molecule has 0 aliphatic heterocycles. The smallest absolute Gasteiger partial charge is 0.488 e. The van der Waals surface area contributed by atoms with Gasteiger partial charge in [0.1, 0.15) is 45.8 Å². The molecule has 0 amide bonds. The maximum absolute atomic E-state index is 7.71. The van der Waals surface area contributed by atoms with Crippen molar-refractivity contribution in [3.8, 4) is 51.4 Å². The molecule has 0 radical (unpaired) electrons. The lowest BCUT2D eigenvalue weighted by Gasteiger charge is -2.35. The number of ether oxygens (including phenoxy) is 1. The molecule has 9 heteroatoms. The molecule has 0 saturated heterocycles. The van der Waals surface area contributed by atoms with E-state index >= 15 is 0 Å². The summed E-state index contributed by atoms with van der Waals surface area (Å²) in [5, 5.41) is 0. The lowest BCUT2D eigenvalue weighted by atomic mass is 9.74. The van der Waals surface area contributed by atoms with Gasteiger partial charge in [0.15, 0.2) is 0 Å². The van der Waals surface area contributed by atoms with Crippen LogP contribution in [0.3, 0.4) is 0 Å². The van der Waals surface area contributed by atoms with E-state index in [1.807, 2.05) is 48.5 Å². The van der Waals surface area contributed by atoms with Crippen molar-refractivity contribution in [2.24, 2.45) is 0 Å². The number of hydrogen-bond donors (Lipinski definition) is 0. The molecule has 0 spiro atoms. The van der Waals surface area contributed by atoms with Gasteiger partial charge in [-0.05, 0) is 138 Å². The summed E-state index contributed by atoms with van der Waals surface area (Å²) >= 11 is 0. The number of benzene rings is 6. The molecule has 6 rings (SSSR count). The second-order valence-corrected chi connectivity index (χ2v) is 27.3. The fourth-order valence-electron chi connectivity index (χ4n) is 9.36. The number of rotatable bonds is 18. The van der Waals surface area contributed by atoms with Crippen LogP contribution in [0.1, 0.15) is 212 Å². The molecule has 0 aliphatic carbocycles. The van der Waals surface area contributed by atoms with Crippen molar-refractivity contribution in [1.82, 2.24) is 0 Å². The highest BCUT2D eigenvalue weighted by molar-refractivity contribution is 7.43. The van der Waals surface area contributed by atoms with Gasteiger partial charge in [-0.1, -0.05) is 197 Å².